The van der Waals surface area contributed by atoms with Crippen molar-refractivity contribution >= 4 is 5.91 Å². The van der Waals surface area contributed by atoms with E-state index in [1.165, 1.54) is 0 Å². The summed E-state index contributed by atoms with van der Waals surface area (Å²) in [6.45, 7) is 4.31. The Labute approximate surface area is 132 Å². The quantitative estimate of drug-likeness (QED) is 0.843. The van der Waals surface area contributed by atoms with Crippen LogP contribution in [-0.2, 0) is 9.47 Å². The van der Waals surface area contributed by atoms with E-state index in [0.29, 0.717) is 0 Å². The van der Waals surface area contributed by atoms with Gasteiger partial charge in [0.15, 0.2) is 0 Å². The van der Waals surface area contributed by atoms with Crippen molar-refractivity contribution in [3.05, 3.63) is 35.4 Å². The molecule has 0 bridgehead atoms. The van der Waals surface area contributed by atoms with Crippen molar-refractivity contribution in [1.82, 2.24) is 4.90 Å². The number of piperidine rings is 1. The van der Waals surface area contributed by atoms with Crippen molar-refractivity contribution in [1.29, 1.82) is 0 Å². The molecule has 1 aromatic rings. The SMILES string of the molecule is CO[C@@H]1CCCOC12CCN(C(=O)c1cccc(C)c1)CC2. The van der Waals surface area contributed by atoms with Crippen molar-refractivity contribution in [2.24, 2.45) is 0 Å². The number of benzene rings is 1. The van der Waals surface area contributed by atoms with Gasteiger partial charge in [0, 0.05) is 32.4 Å². The molecule has 2 heterocycles. The zero-order chi connectivity index (χ0) is 15.6. The lowest BCUT2D eigenvalue weighted by Crippen LogP contribution is -2.56. The van der Waals surface area contributed by atoms with Crippen LogP contribution in [-0.4, -0.2) is 49.3 Å². The Morgan fingerprint density at radius 3 is 2.82 bits per heavy atom. The van der Waals surface area contributed by atoms with Crippen LogP contribution in [0.15, 0.2) is 24.3 Å². The average molecular weight is 303 g/mol. The van der Waals surface area contributed by atoms with Gasteiger partial charge in [-0.1, -0.05) is 17.7 Å². The molecule has 2 saturated heterocycles. The number of methoxy groups -OCH3 is 1. The number of nitrogens with zero attached hydrogens (tertiary/aromatic N) is 1. The van der Waals surface area contributed by atoms with Crippen molar-refractivity contribution in [3.63, 3.8) is 0 Å². The molecule has 1 atom stereocenters. The summed E-state index contributed by atoms with van der Waals surface area (Å²) in [4.78, 5) is 14.6. The number of likely N-dealkylation sites (tertiary alicyclic amines) is 1. The highest BCUT2D eigenvalue weighted by Crippen LogP contribution is 2.37. The van der Waals surface area contributed by atoms with Crippen LogP contribution in [0.2, 0.25) is 0 Å². The second kappa shape index (κ2) is 6.39. The van der Waals surface area contributed by atoms with E-state index in [4.69, 9.17) is 9.47 Å². The zero-order valence-electron chi connectivity index (χ0n) is 13.5. The molecule has 3 rings (SSSR count). The summed E-state index contributed by atoms with van der Waals surface area (Å²) in [5.74, 6) is 0.128. The van der Waals surface area contributed by atoms with Crippen LogP contribution >= 0.6 is 0 Å². The number of hydrogen-bond acceptors (Lipinski definition) is 3. The van der Waals surface area contributed by atoms with Gasteiger partial charge in [-0.25, -0.2) is 0 Å². The second-order valence-corrected chi connectivity index (χ2v) is 6.44. The summed E-state index contributed by atoms with van der Waals surface area (Å²) in [5.41, 5.74) is 1.72. The Kier molecular flexibility index (Phi) is 4.50. The molecule has 2 fully saturated rings. The summed E-state index contributed by atoms with van der Waals surface area (Å²) in [6.07, 6.45) is 4.01. The van der Waals surface area contributed by atoms with Gasteiger partial charge >= 0.3 is 0 Å². The van der Waals surface area contributed by atoms with E-state index in [-0.39, 0.29) is 17.6 Å². The zero-order valence-corrected chi connectivity index (χ0v) is 13.5. The van der Waals surface area contributed by atoms with E-state index in [1.807, 2.05) is 36.1 Å². The molecule has 0 radical (unpaired) electrons. The average Bonchev–Trinajstić information content (AvgIpc) is 2.55. The molecule has 2 aliphatic rings. The van der Waals surface area contributed by atoms with Gasteiger partial charge in [-0.05, 0) is 44.7 Å². The lowest BCUT2D eigenvalue weighted by molar-refractivity contribution is -0.183. The standard InChI is InChI=1S/C18H25NO3/c1-14-5-3-6-15(13-14)17(20)19-10-8-18(9-11-19)16(21-2)7-4-12-22-18/h3,5-6,13,16H,4,7-12H2,1-2H3/t16-/m1/s1. The highest BCUT2D eigenvalue weighted by Gasteiger charge is 2.45. The van der Waals surface area contributed by atoms with Crippen LogP contribution in [0.1, 0.15) is 41.6 Å². The molecule has 1 spiro atoms. The molecular formula is C18H25NO3. The molecule has 4 nitrogen and oxygen atoms in total. The van der Waals surface area contributed by atoms with Crippen molar-refractivity contribution in [2.75, 3.05) is 26.8 Å². The predicted octanol–water partition coefficient (Wildman–Crippen LogP) is 2.80. The minimum absolute atomic E-state index is 0.128. The molecule has 2 aliphatic heterocycles. The van der Waals surface area contributed by atoms with E-state index in [1.54, 1.807) is 7.11 Å². The maximum absolute atomic E-state index is 12.6. The highest BCUT2D eigenvalue weighted by atomic mass is 16.5. The normalized spacial score (nSPS) is 24.5. The fourth-order valence-electron chi connectivity index (χ4n) is 3.75. The predicted molar refractivity (Wildman–Crippen MR) is 85.0 cm³/mol. The Morgan fingerprint density at radius 2 is 2.14 bits per heavy atom. The summed E-state index contributed by atoms with van der Waals surface area (Å²) in [5, 5.41) is 0. The van der Waals surface area contributed by atoms with Crippen molar-refractivity contribution < 1.29 is 14.3 Å². The first-order chi connectivity index (χ1) is 10.6. The van der Waals surface area contributed by atoms with Crippen molar-refractivity contribution in [3.8, 4) is 0 Å². The lowest BCUT2D eigenvalue weighted by Gasteiger charge is -2.48. The fraction of sp³-hybridized carbons (Fsp3) is 0.611. The number of rotatable bonds is 2. The van der Waals surface area contributed by atoms with Gasteiger partial charge in [0.05, 0.1) is 11.7 Å². The third kappa shape index (κ3) is 2.90. The van der Waals surface area contributed by atoms with Gasteiger partial charge in [-0.2, -0.15) is 0 Å². The van der Waals surface area contributed by atoms with Crippen molar-refractivity contribution in [2.45, 2.75) is 44.3 Å². The summed E-state index contributed by atoms with van der Waals surface area (Å²) >= 11 is 0. The minimum atomic E-state index is -0.184. The summed E-state index contributed by atoms with van der Waals surface area (Å²) in [6, 6.07) is 7.82. The molecular weight excluding hydrogens is 278 g/mol. The molecule has 22 heavy (non-hydrogen) atoms. The van der Waals surface area contributed by atoms with Crippen LogP contribution < -0.4 is 0 Å². The van der Waals surface area contributed by atoms with Crippen LogP contribution in [0.4, 0.5) is 0 Å². The van der Waals surface area contributed by atoms with Gasteiger partial charge in [-0.3, -0.25) is 4.79 Å². The molecule has 0 saturated carbocycles. The molecule has 1 amide bonds. The first-order valence-electron chi connectivity index (χ1n) is 8.17. The third-order valence-electron chi connectivity index (χ3n) is 5.03. The highest BCUT2D eigenvalue weighted by molar-refractivity contribution is 5.94. The van der Waals surface area contributed by atoms with E-state index in [2.05, 4.69) is 0 Å². The van der Waals surface area contributed by atoms with Gasteiger partial charge in [0.2, 0.25) is 0 Å². The number of ether oxygens (including phenoxy) is 2. The Morgan fingerprint density at radius 1 is 1.36 bits per heavy atom. The maximum Gasteiger partial charge on any atom is 0.253 e. The van der Waals surface area contributed by atoms with Crippen LogP contribution in [0.25, 0.3) is 0 Å². The number of aryl methyl sites for hydroxylation is 1. The molecule has 1 aromatic carbocycles. The Balaban J connectivity index is 1.67. The second-order valence-electron chi connectivity index (χ2n) is 6.44. The smallest absolute Gasteiger partial charge is 0.253 e. The van der Waals surface area contributed by atoms with Crippen LogP contribution in [0.5, 0.6) is 0 Å². The monoisotopic (exact) mass is 303 g/mol. The molecule has 0 aliphatic carbocycles. The molecule has 120 valence electrons. The van der Waals surface area contributed by atoms with Gasteiger partial charge in [0.25, 0.3) is 5.91 Å². The largest absolute Gasteiger partial charge is 0.378 e. The van der Waals surface area contributed by atoms with Crippen LogP contribution in [0, 0.1) is 6.92 Å². The van der Waals surface area contributed by atoms with E-state index in [9.17, 15) is 4.79 Å². The first kappa shape index (κ1) is 15.5. The summed E-state index contributed by atoms with van der Waals surface area (Å²) < 4.78 is 11.8. The minimum Gasteiger partial charge on any atom is -0.378 e. The first-order valence-corrected chi connectivity index (χ1v) is 8.17. The molecule has 0 unspecified atom stereocenters. The van der Waals surface area contributed by atoms with E-state index in [0.717, 1.165) is 56.5 Å². The summed E-state index contributed by atoms with van der Waals surface area (Å²) in [7, 11) is 1.77. The molecule has 0 N–H and O–H groups in total. The Bertz CT molecular complexity index is 535. The van der Waals surface area contributed by atoms with Gasteiger partial charge in [-0.15, -0.1) is 0 Å². The van der Waals surface area contributed by atoms with E-state index >= 15 is 0 Å². The maximum atomic E-state index is 12.6. The van der Waals surface area contributed by atoms with E-state index < -0.39 is 0 Å². The number of hydrogen-bond donors (Lipinski definition) is 0. The lowest BCUT2D eigenvalue weighted by atomic mass is 9.81. The topological polar surface area (TPSA) is 38.8 Å². The number of carbonyl (C=O) groups is 1. The number of amides is 1. The molecule has 4 heteroatoms. The third-order valence-corrected chi connectivity index (χ3v) is 5.03. The number of carbonyl (C=O) groups excluding carboxylic acids is 1. The molecule has 0 aromatic heterocycles. The van der Waals surface area contributed by atoms with Gasteiger partial charge < -0.3 is 14.4 Å². The fourth-order valence-corrected chi connectivity index (χ4v) is 3.75. The van der Waals surface area contributed by atoms with Crippen LogP contribution in [0.3, 0.4) is 0 Å². The Hall–Kier alpha value is -1.39. The van der Waals surface area contributed by atoms with Gasteiger partial charge in [0.1, 0.15) is 0 Å².